The Labute approximate surface area is 111 Å². The highest BCUT2D eigenvalue weighted by molar-refractivity contribution is 5.99. The summed E-state index contributed by atoms with van der Waals surface area (Å²) < 4.78 is 0. The Hall–Kier alpha value is -1.15. The normalized spacial score (nSPS) is 13.1. The molecule has 0 saturated carbocycles. The number of carbonyl (C=O) groups is 1. The Morgan fingerprint density at radius 1 is 1.17 bits per heavy atom. The van der Waals surface area contributed by atoms with Crippen LogP contribution < -0.4 is 0 Å². The summed E-state index contributed by atoms with van der Waals surface area (Å²) in [4.78, 5) is 14.6. The second kappa shape index (κ2) is 6.69. The molecule has 100 valence electrons. The minimum absolute atomic E-state index is 0.0416. The molecule has 0 aliphatic rings. The summed E-state index contributed by atoms with van der Waals surface area (Å²) in [5, 5.41) is 0. The SMILES string of the molecule is CCN(CC(C)C)C(C)C(=O)c1ccc(C)cc1. The molecule has 1 aromatic carbocycles. The molecule has 0 saturated heterocycles. The molecule has 1 atom stereocenters. The Balaban J connectivity index is 2.78. The van der Waals surface area contributed by atoms with Gasteiger partial charge in [-0.25, -0.2) is 0 Å². The fraction of sp³-hybridized carbons (Fsp3) is 0.562. The highest BCUT2D eigenvalue weighted by atomic mass is 16.1. The minimum Gasteiger partial charge on any atom is -0.294 e. The van der Waals surface area contributed by atoms with Crippen molar-refractivity contribution < 1.29 is 4.79 Å². The second-order valence-corrected chi connectivity index (χ2v) is 5.39. The molecule has 1 rings (SSSR count). The molecule has 0 heterocycles. The zero-order chi connectivity index (χ0) is 13.7. The summed E-state index contributed by atoms with van der Waals surface area (Å²) in [6.07, 6.45) is 0. The largest absolute Gasteiger partial charge is 0.294 e. The highest BCUT2D eigenvalue weighted by Gasteiger charge is 2.21. The number of hydrogen-bond donors (Lipinski definition) is 0. The monoisotopic (exact) mass is 247 g/mol. The number of carbonyl (C=O) groups excluding carboxylic acids is 1. The van der Waals surface area contributed by atoms with Gasteiger partial charge in [-0.3, -0.25) is 9.69 Å². The third kappa shape index (κ3) is 3.95. The van der Waals surface area contributed by atoms with E-state index in [1.54, 1.807) is 0 Å². The smallest absolute Gasteiger partial charge is 0.179 e. The van der Waals surface area contributed by atoms with E-state index >= 15 is 0 Å². The Kier molecular flexibility index (Phi) is 5.54. The lowest BCUT2D eigenvalue weighted by atomic mass is 10.0. The number of benzene rings is 1. The maximum absolute atomic E-state index is 12.4. The van der Waals surface area contributed by atoms with Crippen molar-refractivity contribution in [1.29, 1.82) is 0 Å². The van der Waals surface area contributed by atoms with Crippen LogP contribution >= 0.6 is 0 Å². The van der Waals surface area contributed by atoms with Gasteiger partial charge in [-0.2, -0.15) is 0 Å². The van der Waals surface area contributed by atoms with E-state index in [0.717, 1.165) is 18.7 Å². The molecular weight excluding hydrogens is 222 g/mol. The zero-order valence-corrected chi connectivity index (χ0v) is 12.2. The summed E-state index contributed by atoms with van der Waals surface area (Å²) in [6.45, 7) is 12.4. The molecule has 2 heteroatoms. The van der Waals surface area contributed by atoms with E-state index in [-0.39, 0.29) is 11.8 Å². The van der Waals surface area contributed by atoms with Gasteiger partial charge >= 0.3 is 0 Å². The molecule has 2 nitrogen and oxygen atoms in total. The summed E-state index contributed by atoms with van der Waals surface area (Å²) in [7, 11) is 0. The fourth-order valence-electron chi connectivity index (χ4n) is 2.15. The van der Waals surface area contributed by atoms with Gasteiger partial charge in [0.05, 0.1) is 6.04 Å². The summed E-state index contributed by atoms with van der Waals surface area (Å²) >= 11 is 0. The first kappa shape index (κ1) is 14.9. The molecule has 0 fully saturated rings. The van der Waals surface area contributed by atoms with E-state index in [1.807, 2.05) is 38.1 Å². The predicted octanol–water partition coefficient (Wildman–Crippen LogP) is 3.54. The quantitative estimate of drug-likeness (QED) is 0.717. The lowest BCUT2D eigenvalue weighted by Crippen LogP contribution is -2.41. The molecule has 1 unspecified atom stereocenters. The van der Waals surface area contributed by atoms with Gasteiger partial charge in [0, 0.05) is 12.1 Å². The maximum Gasteiger partial charge on any atom is 0.179 e. The topological polar surface area (TPSA) is 20.3 Å². The Bertz CT molecular complexity index is 381. The number of likely N-dealkylation sites (N-methyl/N-ethyl adjacent to an activating group) is 1. The number of aryl methyl sites for hydroxylation is 1. The first-order valence-corrected chi connectivity index (χ1v) is 6.80. The van der Waals surface area contributed by atoms with Crippen molar-refractivity contribution >= 4 is 5.78 Å². The van der Waals surface area contributed by atoms with E-state index in [4.69, 9.17) is 0 Å². The first-order valence-electron chi connectivity index (χ1n) is 6.80. The van der Waals surface area contributed by atoms with E-state index < -0.39 is 0 Å². The van der Waals surface area contributed by atoms with Gasteiger partial charge in [-0.15, -0.1) is 0 Å². The van der Waals surface area contributed by atoms with Crippen molar-refractivity contribution in [3.8, 4) is 0 Å². The Morgan fingerprint density at radius 2 is 1.72 bits per heavy atom. The number of hydrogen-bond acceptors (Lipinski definition) is 2. The lowest BCUT2D eigenvalue weighted by molar-refractivity contribution is 0.0829. The summed E-state index contributed by atoms with van der Waals surface area (Å²) in [5.74, 6) is 0.802. The molecule has 0 aliphatic heterocycles. The lowest BCUT2D eigenvalue weighted by Gasteiger charge is -2.28. The van der Waals surface area contributed by atoms with Crippen molar-refractivity contribution in [2.45, 2.75) is 40.7 Å². The van der Waals surface area contributed by atoms with E-state index in [9.17, 15) is 4.79 Å². The van der Waals surface area contributed by atoms with Crippen LogP contribution in [-0.4, -0.2) is 29.8 Å². The van der Waals surface area contributed by atoms with Crippen molar-refractivity contribution in [2.24, 2.45) is 5.92 Å². The zero-order valence-electron chi connectivity index (χ0n) is 12.2. The van der Waals surface area contributed by atoms with Gasteiger partial charge in [0.1, 0.15) is 0 Å². The van der Waals surface area contributed by atoms with Crippen molar-refractivity contribution in [2.75, 3.05) is 13.1 Å². The van der Waals surface area contributed by atoms with Gasteiger partial charge in [0.2, 0.25) is 0 Å². The van der Waals surface area contributed by atoms with Crippen LogP contribution in [0.15, 0.2) is 24.3 Å². The van der Waals surface area contributed by atoms with Gasteiger partial charge in [-0.1, -0.05) is 50.6 Å². The third-order valence-corrected chi connectivity index (χ3v) is 3.27. The first-order chi connectivity index (χ1) is 8.45. The van der Waals surface area contributed by atoms with Crippen molar-refractivity contribution in [1.82, 2.24) is 4.90 Å². The van der Waals surface area contributed by atoms with Gasteiger partial charge < -0.3 is 0 Å². The van der Waals surface area contributed by atoms with Crippen LogP contribution in [0.4, 0.5) is 0 Å². The van der Waals surface area contributed by atoms with Gasteiger partial charge in [-0.05, 0) is 26.3 Å². The van der Waals surface area contributed by atoms with Gasteiger partial charge in [0.15, 0.2) is 5.78 Å². The number of rotatable bonds is 6. The molecule has 0 aromatic heterocycles. The van der Waals surface area contributed by atoms with Crippen LogP contribution in [0.2, 0.25) is 0 Å². The number of nitrogens with zero attached hydrogens (tertiary/aromatic N) is 1. The molecule has 18 heavy (non-hydrogen) atoms. The molecule has 0 aliphatic carbocycles. The molecule has 0 amide bonds. The highest BCUT2D eigenvalue weighted by Crippen LogP contribution is 2.12. The van der Waals surface area contributed by atoms with Crippen LogP contribution in [0.3, 0.4) is 0 Å². The molecule has 0 N–H and O–H groups in total. The van der Waals surface area contributed by atoms with Crippen LogP contribution in [0.5, 0.6) is 0 Å². The average Bonchev–Trinajstić information content (AvgIpc) is 2.35. The van der Waals surface area contributed by atoms with Crippen LogP contribution in [0, 0.1) is 12.8 Å². The molecule has 0 bridgehead atoms. The predicted molar refractivity (Wildman–Crippen MR) is 77.1 cm³/mol. The summed E-state index contributed by atoms with van der Waals surface area (Å²) in [6, 6.07) is 7.81. The molecule has 0 spiro atoms. The minimum atomic E-state index is -0.0416. The molecule has 0 radical (unpaired) electrons. The summed E-state index contributed by atoms with van der Waals surface area (Å²) in [5.41, 5.74) is 2.00. The average molecular weight is 247 g/mol. The third-order valence-electron chi connectivity index (χ3n) is 3.27. The standard InChI is InChI=1S/C16H25NO/c1-6-17(11-12(2)3)14(5)16(18)15-9-7-13(4)8-10-15/h7-10,12,14H,6,11H2,1-5H3. The second-order valence-electron chi connectivity index (χ2n) is 5.39. The van der Waals surface area contributed by atoms with E-state index in [2.05, 4.69) is 25.7 Å². The van der Waals surface area contributed by atoms with E-state index in [1.165, 1.54) is 5.56 Å². The van der Waals surface area contributed by atoms with Gasteiger partial charge in [0.25, 0.3) is 0 Å². The molecule has 1 aromatic rings. The number of Topliss-reactive ketones (excluding diaryl/α,β-unsaturated/α-hetero) is 1. The van der Waals surface area contributed by atoms with Crippen LogP contribution in [-0.2, 0) is 0 Å². The fourth-order valence-corrected chi connectivity index (χ4v) is 2.15. The van der Waals surface area contributed by atoms with Crippen molar-refractivity contribution in [3.05, 3.63) is 35.4 Å². The van der Waals surface area contributed by atoms with Crippen molar-refractivity contribution in [3.63, 3.8) is 0 Å². The van der Waals surface area contributed by atoms with Crippen LogP contribution in [0.1, 0.15) is 43.6 Å². The maximum atomic E-state index is 12.4. The van der Waals surface area contributed by atoms with Crippen LogP contribution in [0.25, 0.3) is 0 Å². The van der Waals surface area contributed by atoms with E-state index in [0.29, 0.717) is 5.92 Å². The number of ketones is 1. The molecular formula is C16H25NO. The Morgan fingerprint density at radius 3 is 2.17 bits per heavy atom.